The topological polar surface area (TPSA) is 174 Å². The molecule has 3 aliphatic carbocycles. The molecule has 2 saturated carbocycles. The summed E-state index contributed by atoms with van der Waals surface area (Å²) in [5, 5.41) is 58.2. The van der Waals surface area contributed by atoms with Crippen LogP contribution in [0.1, 0.15) is 76.8 Å². The Hall–Kier alpha value is -4.60. The Labute approximate surface area is 241 Å². The SMILES string of the molecule is C[C@]12CC[C@@H]3c4ccc(OC(=O)c5cc(O)c(O)c(O)c5)cc4CC[C@H]3[C@@H]1CC[C@@H]2OC(=O)c1cc(O)c(O)c(O)c1. The fourth-order valence-electron chi connectivity index (χ4n) is 7.58. The van der Waals surface area contributed by atoms with Gasteiger partial charge in [0.2, 0.25) is 0 Å². The van der Waals surface area contributed by atoms with E-state index in [0.717, 1.165) is 68.4 Å². The van der Waals surface area contributed by atoms with Crippen molar-refractivity contribution in [2.75, 3.05) is 0 Å². The first-order chi connectivity index (χ1) is 20.0. The molecule has 0 aliphatic heterocycles. The molecule has 42 heavy (non-hydrogen) atoms. The van der Waals surface area contributed by atoms with Gasteiger partial charge in [-0.15, -0.1) is 0 Å². The van der Waals surface area contributed by atoms with Crippen molar-refractivity contribution in [3.05, 3.63) is 64.7 Å². The zero-order valence-corrected chi connectivity index (χ0v) is 22.9. The molecule has 10 heteroatoms. The Morgan fingerprint density at radius 1 is 0.762 bits per heavy atom. The van der Waals surface area contributed by atoms with Crippen LogP contribution in [-0.4, -0.2) is 48.7 Å². The monoisotopic (exact) mass is 576 g/mol. The van der Waals surface area contributed by atoms with Gasteiger partial charge >= 0.3 is 11.9 Å². The second-order valence-corrected chi connectivity index (χ2v) is 11.9. The van der Waals surface area contributed by atoms with E-state index in [0.29, 0.717) is 23.5 Å². The van der Waals surface area contributed by atoms with E-state index in [4.69, 9.17) is 9.47 Å². The first-order valence-electron chi connectivity index (χ1n) is 14.0. The molecule has 0 bridgehead atoms. The standard InChI is InChI=1S/C32H32O10/c1-32-9-8-20-19-5-3-18(41-30(39)16-11-23(33)28(37)24(34)12-16)10-15(19)2-4-21(20)22(32)6-7-27(32)42-31(40)17-13-25(35)29(38)26(36)14-17/h3,5,10-14,20-22,27,33-38H,2,4,6-9H2,1H3/t20-,21-,22+,27+,32+/m1/s1. The van der Waals surface area contributed by atoms with Crippen molar-refractivity contribution in [1.82, 2.24) is 0 Å². The predicted molar refractivity (Wildman–Crippen MR) is 148 cm³/mol. The number of carbonyl (C=O) groups is 2. The van der Waals surface area contributed by atoms with E-state index < -0.39 is 46.4 Å². The van der Waals surface area contributed by atoms with Crippen molar-refractivity contribution < 1.29 is 49.7 Å². The van der Waals surface area contributed by atoms with Gasteiger partial charge in [0.1, 0.15) is 11.9 Å². The van der Waals surface area contributed by atoms with Crippen molar-refractivity contribution in [1.29, 1.82) is 0 Å². The number of phenols is 6. The molecule has 6 N–H and O–H groups in total. The lowest BCUT2D eigenvalue weighted by Crippen LogP contribution is -2.45. The molecule has 0 heterocycles. The highest BCUT2D eigenvalue weighted by Gasteiger charge is 2.56. The van der Waals surface area contributed by atoms with E-state index in [2.05, 4.69) is 6.92 Å². The van der Waals surface area contributed by atoms with Gasteiger partial charge in [0.25, 0.3) is 0 Å². The van der Waals surface area contributed by atoms with Gasteiger partial charge in [0, 0.05) is 5.41 Å². The number of hydrogen-bond donors (Lipinski definition) is 6. The lowest BCUT2D eigenvalue weighted by molar-refractivity contribution is -0.0428. The predicted octanol–water partition coefficient (Wildman–Crippen LogP) is 5.22. The summed E-state index contributed by atoms with van der Waals surface area (Å²) in [7, 11) is 0. The largest absolute Gasteiger partial charge is 0.504 e. The number of ether oxygens (including phenoxy) is 2. The van der Waals surface area contributed by atoms with E-state index in [1.165, 1.54) is 5.56 Å². The van der Waals surface area contributed by atoms with E-state index in [1.807, 2.05) is 12.1 Å². The van der Waals surface area contributed by atoms with Gasteiger partial charge in [-0.25, -0.2) is 9.59 Å². The summed E-state index contributed by atoms with van der Waals surface area (Å²) in [6.07, 6.45) is 4.82. The van der Waals surface area contributed by atoms with Crippen LogP contribution in [0, 0.1) is 17.3 Å². The van der Waals surface area contributed by atoms with Gasteiger partial charge in [0.15, 0.2) is 34.5 Å². The number of phenolic OH excluding ortho intramolecular Hbond substituents is 6. The van der Waals surface area contributed by atoms with Crippen molar-refractivity contribution >= 4 is 11.9 Å². The summed E-state index contributed by atoms with van der Waals surface area (Å²) in [5.41, 5.74) is 2.00. The summed E-state index contributed by atoms with van der Waals surface area (Å²) in [6.45, 7) is 2.18. The minimum absolute atomic E-state index is 0.0225. The molecule has 0 radical (unpaired) electrons. The Balaban J connectivity index is 1.16. The number of hydrogen-bond acceptors (Lipinski definition) is 10. The Morgan fingerprint density at radius 2 is 1.36 bits per heavy atom. The van der Waals surface area contributed by atoms with Crippen LogP contribution in [0.5, 0.6) is 40.2 Å². The Kier molecular flexibility index (Phi) is 6.59. The summed E-state index contributed by atoms with van der Waals surface area (Å²) >= 11 is 0. The lowest BCUT2D eigenvalue weighted by Gasteiger charge is -2.50. The molecule has 5 atom stereocenters. The smallest absolute Gasteiger partial charge is 0.343 e. The number of rotatable bonds is 4. The van der Waals surface area contributed by atoms with Crippen molar-refractivity contribution in [3.63, 3.8) is 0 Å². The van der Waals surface area contributed by atoms with Crippen molar-refractivity contribution in [2.45, 2.75) is 57.5 Å². The summed E-state index contributed by atoms with van der Waals surface area (Å²) in [5.74, 6) is -3.80. The van der Waals surface area contributed by atoms with Gasteiger partial charge in [-0.05, 0) is 104 Å². The third-order valence-corrected chi connectivity index (χ3v) is 9.68. The number of esters is 2. The fraction of sp³-hybridized carbons (Fsp3) is 0.375. The first kappa shape index (κ1) is 27.6. The van der Waals surface area contributed by atoms with E-state index >= 15 is 0 Å². The summed E-state index contributed by atoms with van der Waals surface area (Å²) in [4.78, 5) is 25.6. The van der Waals surface area contributed by atoms with Crippen LogP contribution in [0.2, 0.25) is 0 Å². The Bertz CT molecular complexity index is 1550. The van der Waals surface area contributed by atoms with Gasteiger partial charge < -0.3 is 40.1 Å². The molecule has 2 fully saturated rings. The normalized spacial score (nSPS) is 26.0. The number of aromatic hydroxyl groups is 6. The number of benzene rings is 3. The van der Waals surface area contributed by atoms with Crippen LogP contribution in [0.25, 0.3) is 0 Å². The summed E-state index contributed by atoms with van der Waals surface area (Å²) < 4.78 is 11.5. The molecular weight excluding hydrogens is 544 g/mol. The quantitative estimate of drug-likeness (QED) is 0.137. The highest BCUT2D eigenvalue weighted by atomic mass is 16.5. The lowest BCUT2D eigenvalue weighted by atomic mass is 9.55. The molecule has 0 saturated heterocycles. The van der Waals surface area contributed by atoms with Crippen LogP contribution in [-0.2, 0) is 11.2 Å². The minimum atomic E-state index is -0.771. The average Bonchev–Trinajstić information content (AvgIpc) is 3.29. The van der Waals surface area contributed by atoms with Crippen LogP contribution in [0.3, 0.4) is 0 Å². The zero-order chi connectivity index (χ0) is 29.9. The number of carbonyl (C=O) groups excluding carboxylic acids is 2. The molecular formula is C32H32O10. The fourth-order valence-corrected chi connectivity index (χ4v) is 7.58. The molecule has 3 aromatic carbocycles. The van der Waals surface area contributed by atoms with E-state index in [1.54, 1.807) is 6.07 Å². The first-order valence-corrected chi connectivity index (χ1v) is 14.0. The van der Waals surface area contributed by atoms with Gasteiger partial charge in [-0.2, -0.15) is 0 Å². The average molecular weight is 577 g/mol. The Morgan fingerprint density at radius 3 is 1.98 bits per heavy atom. The van der Waals surface area contributed by atoms with Crippen LogP contribution >= 0.6 is 0 Å². The maximum absolute atomic E-state index is 12.9. The van der Waals surface area contributed by atoms with Gasteiger partial charge in [-0.1, -0.05) is 13.0 Å². The highest BCUT2D eigenvalue weighted by molar-refractivity contribution is 5.93. The highest BCUT2D eigenvalue weighted by Crippen LogP contribution is 2.61. The van der Waals surface area contributed by atoms with Crippen molar-refractivity contribution in [2.24, 2.45) is 17.3 Å². The van der Waals surface area contributed by atoms with Gasteiger partial charge in [0.05, 0.1) is 11.1 Å². The molecule has 220 valence electrons. The molecule has 3 aromatic rings. The number of aryl methyl sites for hydroxylation is 1. The molecule has 0 unspecified atom stereocenters. The molecule has 0 spiro atoms. The van der Waals surface area contributed by atoms with Crippen LogP contribution in [0.4, 0.5) is 0 Å². The maximum atomic E-state index is 12.9. The van der Waals surface area contributed by atoms with Crippen LogP contribution < -0.4 is 4.74 Å². The molecule has 3 aliphatic rings. The molecule has 0 amide bonds. The van der Waals surface area contributed by atoms with E-state index in [-0.39, 0.29) is 22.6 Å². The molecule has 10 nitrogen and oxygen atoms in total. The zero-order valence-electron chi connectivity index (χ0n) is 22.9. The maximum Gasteiger partial charge on any atom is 0.343 e. The number of fused-ring (bicyclic) bond motifs is 5. The van der Waals surface area contributed by atoms with Crippen LogP contribution in [0.15, 0.2) is 42.5 Å². The third kappa shape index (κ3) is 4.51. The minimum Gasteiger partial charge on any atom is -0.504 e. The third-order valence-electron chi connectivity index (χ3n) is 9.68. The van der Waals surface area contributed by atoms with E-state index in [9.17, 15) is 40.2 Å². The van der Waals surface area contributed by atoms with Gasteiger partial charge in [-0.3, -0.25) is 0 Å². The second-order valence-electron chi connectivity index (χ2n) is 11.9. The van der Waals surface area contributed by atoms with Crippen molar-refractivity contribution in [3.8, 4) is 40.2 Å². The summed E-state index contributed by atoms with van der Waals surface area (Å²) in [6, 6.07) is 9.84. The second kappa shape index (κ2) is 10.0. The molecule has 0 aromatic heterocycles. The molecule has 6 rings (SSSR count).